The van der Waals surface area contributed by atoms with E-state index in [1.165, 1.54) is 31.6 Å². The van der Waals surface area contributed by atoms with Gasteiger partial charge in [0.15, 0.2) is 0 Å². The van der Waals surface area contributed by atoms with E-state index in [9.17, 15) is 13.2 Å². The van der Waals surface area contributed by atoms with Crippen molar-refractivity contribution in [3.05, 3.63) is 58.6 Å². The van der Waals surface area contributed by atoms with Crippen LogP contribution in [-0.2, 0) is 27.9 Å². The number of sulfonamides is 1. The minimum atomic E-state index is -3.73. The molecule has 7 nitrogen and oxygen atoms in total. The van der Waals surface area contributed by atoms with Crippen LogP contribution in [0.25, 0.3) is 0 Å². The summed E-state index contributed by atoms with van der Waals surface area (Å²) in [7, 11) is -2.26. The summed E-state index contributed by atoms with van der Waals surface area (Å²) in [6.07, 6.45) is 3.55. The molecule has 1 aliphatic heterocycles. The number of rotatable bonds is 9. The van der Waals surface area contributed by atoms with Gasteiger partial charge in [0.25, 0.3) is 0 Å². The molecule has 2 aromatic carbocycles. The maximum absolute atomic E-state index is 12.9. The van der Waals surface area contributed by atoms with Crippen molar-refractivity contribution in [2.75, 3.05) is 30.8 Å². The molecule has 3 rings (SSSR count). The van der Waals surface area contributed by atoms with Gasteiger partial charge in [-0.25, -0.2) is 8.42 Å². The quantitative estimate of drug-likeness (QED) is 0.596. The fraction of sp³-hybridized carbons (Fsp3) is 0.435. The van der Waals surface area contributed by atoms with Crippen LogP contribution in [0.1, 0.15) is 30.9 Å². The molecule has 174 valence electrons. The monoisotopic (exact) mass is 479 g/mol. The normalized spacial score (nSPS) is 15.4. The number of benzene rings is 2. The summed E-state index contributed by atoms with van der Waals surface area (Å²) in [6, 6.07) is 11.8. The van der Waals surface area contributed by atoms with Gasteiger partial charge in [0.1, 0.15) is 11.8 Å². The zero-order chi connectivity index (χ0) is 23.3. The summed E-state index contributed by atoms with van der Waals surface area (Å²) < 4.78 is 31.2. The van der Waals surface area contributed by atoms with Crippen molar-refractivity contribution in [1.29, 1.82) is 0 Å². The van der Waals surface area contributed by atoms with Gasteiger partial charge >= 0.3 is 0 Å². The minimum absolute atomic E-state index is 0.265. The van der Waals surface area contributed by atoms with Crippen LogP contribution in [0.5, 0.6) is 5.75 Å². The average Bonchev–Trinajstić information content (AvgIpc) is 3.24. The highest BCUT2D eigenvalue weighted by molar-refractivity contribution is 7.92. The molecule has 0 aromatic heterocycles. The lowest BCUT2D eigenvalue weighted by atomic mass is 10.1. The Morgan fingerprint density at radius 2 is 1.88 bits per heavy atom. The molecule has 1 amide bonds. The molecule has 1 aliphatic rings. The summed E-state index contributed by atoms with van der Waals surface area (Å²) in [5, 5.41) is 3.13. The van der Waals surface area contributed by atoms with Crippen molar-refractivity contribution < 1.29 is 17.9 Å². The van der Waals surface area contributed by atoms with Crippen LogP contribution in [-0.4, -0.2) is 51.7 Å². The van der Waals surface area contributed by atoms with Gasteiger partial charge in [0.2, 0.25) is 15.9 Å². The van der Waals surface area contributed by atoms with E-state index in [1.54, 1.807) is 19.1 Å². The highest BCUT2D eigenvalue weighted by Crippen LogP contribution is 2.31. The first-order chi connectivity index (χ1) is 15.2. The van der Waals surface area contributed by atoms with Crippen LogP contribution in [0.2, 0.25) is 5.02 Å². The molecule has 0 spiro atoms. The number of anilines is 1. The minimum Gasteiger partial charge on any atom is -0.495 e. The fourth-order valence-electron chi connectivity index (χ4n) is 3.97. The zero-order valence-electron chi connectivity index (χ0n) is 18.7. The van der Waals surface area contributed by atoms with Gasteiger partial charge in [-0.15, -0.1) is 0 Å². The number of carbonyl (C=O) groups is 1. The number of amides is 1. The van der Waals surface area contributed by atoms with E-state index in [4.69, 9.17) is 16.3 Å². The lowest BCUT2D eigenvalue weighted by molar-refractivity contribution is -0.122. The summed E-state index contributed by atoms with van der Waals surface area (Å²) in [4.78, 5) is 15.3. The van der Waals surface area contributed by atoms with Crippen molar-refractivity contribution >= 4 is 33.2 Å². The SMILES string of the molecule is COc1ccc(N([C@@H](C)C(=O)NCc2cccc(CN3CCCC3)c2)S(C)(=O)=O)cc1Cl. The van der Waals surface area contributed by atoms with Gasteiger partial charge in [-0.1, -0.05) is 35.9 Å². The van der Waals surface area contributed by atoms with Gasteiger partial charge in [-0.3, -0.25) is 14.0 Å². The number of methoxy groups -OCH3 is 1. The predicted octanol–water partition coefficient (Wildman–Crippen LogP) is 3.42. The first kappa shape index (κ1) is 24.4. The van der Waals surface area contributed by atoms with Gasteiger partial charge < -0.3 is 10.1 Å². The molecule has 1 atom stereocenters. The molecule has 0 bridgehead atoms. The molecule has 32 heavy (non-hydrogen) atoms. The van der Waals surface area contributed by atoms with Gasteiger partial charge in [0.05, 0.1) is 24.1 Å². The fourth-order valence-corrected chi connectivity index (χ4v) is 5.39. The number of carbonyl (C=O) groups excluding carboxylic acids is 1. The Bertz CT molecular complexity index is 1050. The molecule has 0 saturated carbocycles. The smallest absolute Gasteiger partial charge is 0.243 e. The van der Waals surface area contributed by atoms with Crippen molar-refractivity contribution in [3.63, 3.8) is 0 Å². The largest absolute Gasteiger partial charge is 0.495 e. The Morgan fingerprint density at radius 3 is 2.50 bits per heavy atom. The maximum atomic E-state index is 12.9. The van der Waals surface area contributed by atoms with Crippen LogP contribution >= 0.6 is 11.6 Å². The molecule has 1 heterocycles. The second-order valence-corrected chi connectivity index (χ2v) is 10.3. The number of nitrogens with zero attached hydrogens (tertiary/aromatic N) is 2. The Labute approximate surface area is 195 Å². The number of likely N-dealkylation sites (tertiary alicyclic amines) is 1. The van der Waals surface area contributed by atoms with Gasteiger partial charge in [-0.05, 0) is 62.2 Å². The van der Waals surface area contributed by atoms with Gasteiger partial charge in [-0.2, -0.15) is 0 Å². The molecular weight excluding hydrogens is 450 g/mol. The Balaban J connectivity index is 1.69. The predicted molar refractivity (Wildman–Crippen MR) is 128 cm³/mol. The van der Waals surface area contributed by atoms with E-state index >= 15 is 0 Å². The third-order valence-corrected chi connectivity index (χ3v) is 7.08. The topological polar surface area (TPSA) is 79.0 Å². The van der Waals surface area contributed by atoms with E-state index < -0.39 is 22.0 Å². The molecule has 1 saturated heterocycles. The number of nitrogens with one attached hydrogen (secondary N) is 1. The van der Waals surface area contributed by atoms with E-state index in [0.29, 0.717) is 18.0 Å². The first-order valence-electron chi connectivity index (χ1n) is 10.6. The first-order valence-corrected chi connectivity index (χ1v) is 12.8. The van der Waals surface area contributed by atoms with Crippen LogP contribution in [0.15, 0.2) is 42.5 Å². The lowest BCUT2D eigenvalue weighted by Gasteiger charge is -2.28. The Kier molecular flexibility index (Phi) is 8.03. The third-order valence-electron chi connectivity index (χ3n) is 5.54. The van der Waals surface area contributed by atoms with Crippen molar-refractivity contribution in [1.82, 2.24) is 10.2 Å². The second-order valence-electron chi connectivity index (χ2n) is 8.07. The lowest BCUT2D eigenvalue weighted by Crippen LogP contribution is -2.47. The van der Waals surface area contributed by atoms with E-state index in [2.05, 4.69) is 22.3 Å². The molecule has 2 aromatic rings. The van der Waals surface area contributed by atoms with Crippen molar-refractivity contribution in [3.8, 4) is 5.75 Å². The van der Waals surface area contributed by atoms with Crippen LogP contribution < -0.4 is 14.4 Å². The number of hydrogen-bond donors (Lipinski definition) is 1. The standard InChI is InChI=1S/C23H30ClN3O4S/c1-17(27(32(3,29)30)20-9-10-22(31-2)21(24)14-20)23(28)25-15-18-7-6-8-19(13-18)16-26-11-4-5-12-26/h6-10,13-14,17H,4-5,11-12,15-16H2,1-3H3,(H,25,28)/t17-/m0/s1. The van der Waals surface area contributed by atoms with E-state index in [1.807, 2.05) is 12.1 Å². The van der Waals surface area contributed by atoms with Crippen LogP contribution in [0, 0.1) is 0 Å². The number of hydrogen-bond acceptors (Lipinski definition) is 5. The molecule has 0 unspecified atom stereocenters. The molecular formula is C23H30ClN3O4S. The Morgan fingerprint density at radius 1 is 1.19 bits per heavy atom. The summed E-state index contributed by atoms with van der Waals surface area (Å²) >= 11 is 6.17. The maximum Gasteiger partial charge on any atom is 0.243 e. The highest BCUT2D eigenvalue weighted by Gasteiger charge is 2.29. The molecule has 0 radical (unpaired) electrons. The van der Waals surface area contributed by atoms with E-state index in [0.717, 1.165) is 35.8 Å². The third kappa shape index (κ3) is 6.15. The Hall–Kier alpha value is -2.29. The summed E-state index contributed by atoms with van der Waals surface area (Å²) in [5.74, 6) is 0.0297. The molecule has 9 heteroatoms. The zero-order valence-corrected chi connectivity index (χ0v) is 20.2. The molecule has 1 N–H and O–H groups in total. The van der Waals surface area contributed by atoms with Crippen molar-refractivity contribution in [2.24, 2.45) is 0 Å². The molecule has 1 fully saturated rings. The summed E-state index contributed by atoms with van der Waals surface area (Å²) in [6.45, 7) is 5.01. The van der Waals surface area contributed by atoms with Crippen molar-refractivity contribution in [2.45, 2.75) is 38.9 Å². The summed E-state index contributed by atoms with van der Waals surface area (Å²) in [5.41, 5.74) is 2.48. The highest BCUT2D eigenvalue weighted by atomic mass is 35.5. The van der Waals surface area contributed by atoms with Crippen LogP contribution in [0.3, 0.4) is 0 Å². The van der Waals surface area contributed by atoms with Crippen LogP contribution in [0.4, 0.5) is 5.69 Å². The average molecular weight is 480 g/mol. The van der Waals surface area contributed by atoms with Gasteiger partial charge in [0, 0.05) is 13.1 Å². The number of ether oxygens (including phenoxy) is 1. The second kappa shape index (κ2) is 10.6. The van der Waals surface area contributed by atoms with E-state index in [-0.39, 0.29) is 5.02 Å². The number of halogens is 1. The molecule has 0 aliphatic carbocycles.